The molecule has 1 unspecified atom stereocenters. The van der Waals surface area contributed by atoms with Crippen LogP contribution in [0.2, 0.25) is 0 Å². The Bertz CT molecular complexity index is 377. The van der Waals surface area contributed by atoms with Crippen molar-refractivity contribution in [3.05, 3.63) is 23.8 Å². The number of carbonyl (C=O) groups is 1. The normalized spacial score (nSPS) is 12.0. The molecule has 0 saturated carbocycles. The Morgan fingerprint density at radius 3 is 2.62 bits per heavy atom. The molecule has 0 aliphatic heterocycles. The Labute approximate surface area is 95.6 Å². The predicted molar refractivity (Wildman–Crippen MR) is 62.8 cm³/mol. The van der Waals surface area contributed by atoms with E-state index in [0.29, 0.717) is 11.4 Å². The monoisotopic (exact) mass is 223 g/mol. The summed E-state index contributed by atoms with van der Waals surface area (Å²) in [5.41, 5.74) is 1.72. The topological polar surface area (TPSA) is 47.6 Å². The molecule has 4 nitrogen and oxygen atoms in total. The molecule has 0 aliphatic carbocycles. The molecule has 0 fully saturated rings. The van der Waals surface area contributed by atoms with E-state index in [-0.39, 0.29) is 5.91 Å². The van der Waals surface area contributed by atoms with E-state index in [0.717, 1.165) is 5.56 Å². The average molecular weight is 223 g/mol. The standard InChI is InChI=1S/C12H17NO3/c1-8-5-6-11(16-4)10(7-8)13-12(14)9(2)15-3/h5-7,9H,1-4H3,(H,13,14). The van der Waals surface area contributed by atoms with Crippen LogP contribution < -0.4 is 10.1 Å². The highest BCUT2D eigenvalue weighted by Gasteiger charge is 2.13. The molecule has 0 bridgehead atoms. The maximum absolute atomic E-state index is 11.6. The first-order valence-electron chi connectivity index (χ1n) is 5.06. The van der Waals surface area contributed by atoms with E-state index < -0.39 is 6.10 Å². The summed E-state index contributed by atoms with van der Waals surface area (Å²) in [6.07, 6.45) is -0.481. The first-order valence-corrected chi connectivity index (χ1v) is 5.06. The molecule has 16 heavy (non-hydrogen) atoms. The number of amides is 1. The number of nitrogens with one attached hydrogen (secondary N) is 1. The Morgan fingerprint density at radius 2 is 2.06 bits per heavy atom. The van der Waals surface area contributed by atoms with Gasteiger partial charge in [-0.25, -0.2) is 0 Å². The van der Waals surface area contributed by atoms with E-state index >= 15 is 0 Å². The maximum Gasteiger partial charge on any atom is 0.253 e. The summed E-state index contributed by atoms with van der Waals surface area (Å²) in [5.74, 6) is 0.452. The van der Waals surface area contributed by atoms with E-state index in [4.69, 9.17) is 9.47 Å². The summed E-state index contributed by atoms with van der Waals surface area (Å²) in [6, 6.07) is 5.61. The van der Waals surface area contributed by atoms with Gasteiger partial charge in [-0.2, -0.15) is 0 Å². The van der Waals surface area contributed by atoms with Crippen molar-refractivity contribution in [2.24, 2.45) is 0 Å². The summed E-state index contributed by atoms with van der Waals surface area (Å²) in [5, 5.41) is 2.76. The van der Waals surface area contributed by atoms with Gasteiger partial charge in [0.05, 0.1) is 12.8 Å². The van der Waals surface area contributed by atoms with E-state index in [1.807, 2.05) is 25.1 Å². The molecule has 1 amide bonds. The fourth-order valence-corrected chi connectivity index (χ4v) is 1.26. The molecule has 1 atom stereocenters. The van der Waals surface area contributed by atoms with Gasteiger partial charge in [0.1, 0.15) is 11.9 Å². The minimum Gasteiger partial charge on any atom is -0.495 e. The summed E-state index contributed by atoms with van der Waals surface area (Å²) in [6.45, 7) is 3.65. The highest BCUT2D eigenvalue weighted by Crippen LogP contribution is 2.25. The highest BCUT2D eigenvalue weighted by atomic mass is 16.5. The van der Waals surface area contributed by atoms with Crippen LogP contribution in [0.3, 0.4) is 0 Å². The minimum atomic E-state index is -0.481. The third-order valence-electron chi connectivity index (χ3n) is 2.34. The quantitative estimate of drug-likeness (QED) is 0.849. The van der Waals surface area contributed by atoms with Crippen molar-refractivity contribution in [2.45, 2.75) is 20.0 Å². The largest absolute Gasteiger partial charge is 0.495 e. The lowest BCUT2D eigenvalue weighted by molar-refractivity contribution is -0.124. The van der Waals surface area contributed by atoms with Crippen molar-refractivity contribution >= 4 is 11.6 Å². The number of hydrogen-bond donors (Lipinski definition) is 1. The fraction of sp³-hybridized carbons (Fsp3) is 0.417. The molecule has 0 saturated heterocycles. The number of benzene rings is 1. The van der Waals surface area contributed by atoms with Crippen LogP contribution in [-0.2, 0) is 9.53 Å². The maximum atomic E-state index is 11.6. The van der Waals surface area contributed by atoms with Gasteiger partial charge in [0.15, 0.2) is 0 Å². The van der Waals surface area contributed by atoms with Crippen molar-refractivity contribution in [3.8, 4) is 5.75 Å². The van der Waals surface area contributed by atoms with Crippen molar-refractivity contribution in [3.63, 3.8) is 0 Å². The molecule has 1 rings (SSSR count). The zero-order valence-electron chi connectivity index (χ0n) is 10.0. The molecule has 0 aromatic heterocycles. The highest BCUT2D eigenvalue weighted by molar-refractivity contribution is 5.95. The van der Waals surface area contributed by atoms with Gasteiger partial charge in [0.2, 0.25) is 0 Å². The second kappa shape index (κ2) is 5.51. The molecule has 1 N–H and O–H groups in total. The van der Waals surface area contributed by atoms with Gasteiger partial charge in [0, 0.05) is 7.11 Å². The summed E-state index contributed by atoms with van der Waals surface area (Å²) in [4.78, 5) is 11.6. The zero-order chi connectivity index (χ0) is 12.1. The van der Waals surface area contributed by atoms with Gasteiger partial charge >= 0.3 is 0 Å². The molecule has 88 valence electrons. The van der Waals surface area contributed by atoms with E-state index in [1.165, 1.54) is 7.11 Å². The Morgan fingerprint density at radius 1 is 1.38 bits per heavy atom. The Kier molecular flexibility index (Phi) is 4.31. The summed E-state index contributed by atoms with van der Waals surface area (Å²) >= 11 is 0. The van der Waals surface area contributed by atoms with Gasteiger partial charge in [-0.3, -0.25) is 4.79 Å². The van der Waals surface area contributed by atoms with Crippen LogP contribution in [0.25, 0.3) is 0 Å². The van der Waals surface area contributed by atoms with Crippen LogP contribution >= 0.6 is 0 Å². The van der Waals surface area contributed by atoms with E-state index in [1.54, 1.807) is 14.0 Å². The number of aryl methyl sites for hydroxylation is 1. The van der Waals surface area contributed by atoms with Crippen LogP contribution in [0.4, 0.5) is 5.69 Å². The summed E-state index contributed by atoms with van der Waals surface area (Å²) < 4.78 is 10.1. The second-order valence-electron chi connectivity index (χ2n) is 3.57. The lowest BCUT2D eigenvalue weighted by Gasteiger charge is -2.13. The Hall–Kier alpha value is -1.55. The van der Waals surface area contributed by atoms with Crippen LogP contribution in [0.1, 0.15) is 12.5 Å². The number of anilines is 1. The van der Waals surface area contributed by atoms with Crippen LogP contribution in [0, 0.1) is 6.92 Å². The molecule has 0 spiro atoms. The van der Waals surface area contributed by atoms with Crippen molar-refractivity contribution in [1.82, 2.24) is 0 Å². The number of hydrogen-bond acceptors (Lipinski definition) is 3. The number of methoxy groups -OCH3 is 2. The van der Waals surface area contributed by atoms with Gasteiger partial charge in [-0.15, -0.1) is 0 Å². The van der Waals surface area contributed by atoms with Crippen LogP contribution in [-0.4, -0.2) is 26.2 Å². The molecule has 1 aromatic rings. The van der Waals surface area contributed by atoms with E-state index in [9.17, 15) is 4.79 Å². The third-order valence-corrected chi connectivity index (χ3v) is 2.34. The van der Waals surface area contributed by atoms with Gasteiger partial charge in [-0.1, -0.05) is 6.07 Å². The Balaban J connectivity index is 2.87. The summed E-state index contributed by atoms with van der Waals surface area (Å²) in [7, 11) is 3.07. The molecule has 0 heterocycles. The first-order chi connectivity index (χ1) is 7.58. The molecule has 1 aromatic carbocycles. The zero-order valence-corrected chi connectivity index (χ0v) is 10.0. The SMILES string of the molecule is COc1ccc(C)cc1NC(=O)C(C)OC. The van der Waals surface area contributed by atoms with Gasteiger partial charge in [-0.05, 0) is 31.5 Å². The first kappa shape index (κ1) is 12.5. The molecular formula is C12H17NO3. The van der Waals surface area contributed by atoms with E-state index in [2.05, 4.69) is 5.32 Å². The second-order valence-corrected chi connectivity index (χ2v) is 3.57. The molecule has 4 heteroatoms. The molecule has 0 radical (unpaired) electrons. The smallest absolute Gasteiger partial charge is 0.253 e. The van der Waals surface area contributed by atoms with Crippen molar-refractivity contribution < 1.29 is 14.3 Å². The third kappa shape index (κ3) is 2.97. The molecular weight excluding hydrogens is 206 g/mol. The molecule has 0 aliphatic rings. The average Bonchev–Trinajstić information content (AvgIpc) is 2.28. The van der Waals surface area contributed by atoms with Crippen LogP contribution in [0.5, 0.6) is 5.75 Å². The number of rotatable bonds is 4. The van der Waals surface area contributed by atoms with Gasteiger partial charge in [0.25, 0.3) is 5.91 Å². The predicted octanol–water partition coefficient (Wildman–Crippen LogP) is 1.98. The van der Waals surface area contributed by atoms with Crippen molar-refractivity contribution in [2.75, 3.05) is 19.5 Å². The fourth-order valence-electron chi connectivity index (χ4n) is 1.26. The van der Waals surface area contributed by atoms with Crippen LogP contribution in [0.15, 0.2) is 18.2 Å². The minimum absolute atomic E-state index is 0.189. The number of carbonyl (C=O) groups excluding carboxylic acids is 1. The van der Waals surface area contributed by atoms with Crippen molar-refractivity contribution in [1.29, 1.82) is 0 Å². The number of ether oxygens (including phenoxy) is 2. The lowest BCUT2D eigenvalue weighted by atomic mass is 10.2. The lowest BCUT2D eigenvalue weighted by Crippen LogP contribution is -2.26. The van der Waals surface area contributed by atoms with Gasteiger partial charge < -0.3 is 14.8 Å².